The Bertz CT molecular complexity index is 1110. The summed E-state index contributed by atoms with van der Waals surface area (Å²) in [6.45, 7) is 4.19. The molecule has 0 aliphatic carbocycles. The van der Waals surface area contributed by atoms with Crippen LogP contribution in [0.15, 0.2) is 76.1 Å². The molecule has 2 aromatic carbocycles. The zero-order valence-corrected chi connectivity index (χ0v) is 19.1. The number of nitro benzene ring substituents is 1. The summed E-state index contributed by atoms with van der Waals surface area (Å²) in [5, 5.41) is 17.1. The highest BCUT2D eigenvalue weighted by atomic mass is 79.9. The van der Waals surface area contributed by atoms with Gasteiger partial charge in [-0.25, -0.2) is 5.43 Å². The van der Waals surface area contributed by atoms with E-state index in [1.54, 1.807) is 42.5 Å². The number of non-ortho nitro benzene ring substituents is 1. The highest BCUT2D eigenvalue weighted by molar-refractivity contribution is 9.10. The summed E-state index contributed by atoms with van der Waals surface area (Å²) in [5.74, 6) is -0.331. The fourth-order valence-corrected chi connectivity index (χ4v) is 3.64. The minimum Gasteiger partial charge on any atom is -0.311 e. The van der Waals surface area contributed by atoms with E-state index in [0.29, 0.717) is 22.5 Å². The van der Waals surface area contributed by atoms with Crippen LogP contribution < -0.4 is 10.2 Å². The first-order valence-corrected chi connectivity index (χ1v) is 9.80. The number of halogens is 2. The Morgan fingerprint density at radius 2 is 2.03 bits per heavy atom. The van der Waals surface area contributed by atoms with Crippen molar-refractivity contribution in [3.63, 3.8) is 0 Å². The molecule has 0 fully saturated rings. The van der Waals surface area contributed by atoms with Crippen molar-refractivity contribution in [3.8, 4) is 11.3 Å². The molecule has 1 aromatic heterocycles. The summed E-state index contributed by atoms with van der Waals surface area (Å²) < 4.78 is 2.71. The fourth-order valence-electron chi connectivity index (χ4n) is 2.50. The van der Waals surface area contributed by atoms with Gasteiger partial charge in [0.15, 0.2) is 0 Å². The van der Waals surface area contributed by atoms with Crippen LogP contribution in [0.2, 0.25) is 0 Å². The van der Waals surface area contributed by atoms with Gasteiger partial charge in [0.25, 0.3) is 11.6 Å². The van der Waals surface area contributed by atoms with Crippen LogP contribution in [0.3, 0.4) is 0 Å². The van der Waals surface area contributed by atoms with Gasteiger partial charge in [0, 0.05) is 39.7 Å². The van der Waals surface area contributed by atoms with Crippen LogP contribution in [0.4, 0.5) is 5.69 Å². The number of carbonyl (C=O) groups excluding carboxylic acids is 1. The second kappa shape index (κ2) is 10.3. The maximum absolute atomic E-state index is 12.3. The Labute approximate surface area is 189 Å². The van der Waals surface area contributed by atoms with E-state index < -0.39 is 4.92 Å². The minimum atomic E-state index is -0.433. The number of nitrogens with zero attached hydrogens (tertiary/aromatic N) is 3. The summed E-state index contributed by atoms with van der Waals surface area (Å²) in [4.78, 5) is 23.4. The average molecular weight is 540 g/mol. The number of benzene rings is 2. The summed E-state index contributed by atoms with van der Waals surface area (Å²) in [6.07, 6.45) is 1.70. The van der Waals surface area contributed by atoms with E-state index in [1.165, 1.54) is 23.5 Å². The van der Waals surface area contributed by atoms with Crippen LogP contribution in [-0.4, -0.2) is 15.4 Å². The van der Waals surface area contributed by atoms with Gasteiger partial charge in [-0.3, -0.25) is 14.9 Å². The van der Waals surface area contributed by atoms with Gasteiger partial charge >= 0.3 is 0 Å². The molecule has 0 aliphatic heterocycles. The number of hydrogen-bond donors (Lipinski definition) is 1. The van der Waals surface area contributed by atoms with E-state index in [9.17, 15) is 14.9 Å². The molecule has 0 saturated carbocycles. The molecule has 29 heavy (non-hydrogen) atoms. The van der Waals surface area contributed by atoms with Gasteiger partial charge in [-0.05, 0) is 24.3 Å². The Morgan fingerprint density at radius 3 is 2.69 bits per heavy atom. The number of nitro groups is 1. The third kappa shape index (κ3) is 5.49. The predicted molar refractivity (Wildman–Crippen MR) is 122 cm³/mol. The largest absolute Gasteiger partial charge is 0.311 e. The quantitative estimate of drug-likeness (QED) is 0.274. The normalized spacial score (nSPS) is 10.9. The van der Waals surface area contributed by atoms with Crippen molar-refractivity contribution in [3.05, 3.63) is 91.5 Å². The van der Waals surface area contributed by atoms with Crippen molar-refractivity contribution >= 4 is 55.8 Å². The Morgan fingerprint density at radius 1 is 1.31 bits per heavy atom. The van der Waals surface area contributed by atoms with E-state index >= 15 is 0 Å². The van der Waals surface area contributed by atoms with Gasteiger partial charge in [0.2, 0.25) is 4.80 Å². The molecular formula is C19H16Br2N4O3S. The van der Waals surface area contributed by atoms with Crippen LogP contribution in [0.1, 0.15) is 10.4 Å². The molecule has 0 atom stereocenters. The van der Waals surface area contributed by atoms with Gasteiger partial charge in [-0.2, -0.15) is 0 Å². The first-order chi connectivity index (χ1) is 13.5. The SMILES string of the molecule is Br.C=CCn1c(-c2cccc([N+](=O)[O-])c2)cs/c1=N/NC(=O)c1ccc(Br)cc1. The number of allylic oxidation sites excluding steroid dienone is 1. The zero-order chi connectivity index (χ0) is 20.1. The van der Waals surface area contributed by atoms with E-state index in [1.807, 2.05) is 9.95 Å². The molecule has 0 saturated heterocycles. The Balaban J connectivity index is 0.00000300. The smallest absolute Gasteiger partial charge is 0.271 e. The molecule has 3 aromatic rings. The van der Waals surface area contributed by atoms with Gasteiger partial charge in [-0.1, -0.05) is 34.1 Å². The van der Waals surface area contributed by atoms with E-state index in [2.05, 4.69) is 33.0 Å². The molecule has 10 heteroatoms. The van der Waals surface area contributed by atoms with Crippen LogP contribution in [-0.2, 0) is 6.54 Å². The molecule has 1 amide bonds. The van der Waals surface area contributed by atoms with Crippen LogP contribution in [0.25, 0.3) is 11.3 Å². The topological polar surface area (TPSA) is 89.5 Å². The van der Waals surface area contributed by atoms with Crippen molar-refractivity contribution in [2.45, 2.75) is 6.54 Å². The maximum atomic E-state index is 12.3. The molecule has 3 rings (SSSR count). The van der Waals surface area contributed by atoms with Crippen LogP contribution in [0.5, 0.6) is 0 Å². The lowest BCUT2D eigenvalue weighted by molar-refractivity contribution is -0.384. The van der Waals surface area contributed by atoms with Gasteiger partial charge in [0.1, 0.15) is 0 Å². The van der Waals surface area contributed by atoms with Crippen molar-refractivity contribution in [1.29, 1.82) is 0 Å². The first kappa shape index (κ1) is 22.7. The average Bonchev–Trinajstić information content (AvgIpc) is 3.09. The highest BCUT2D eigenvalue weighted by Crippen LogP contribution is 2.24. The number of nitrogens with one attached hydrogen (secondary N) is 1. The number of thiazole rings is 1. The minimum absolute atomic E-state index is 0. The lowest BCUT2D eigenvalue weighted by atomic mass is 10.1. The second-order valence-corrected chi connectivity index (χ2v) is 7.42. The fraction of sp³-hybridized carbons (Fsp3) is 0.0526. The van der Waals surface area contributed by atoms with Crippen LogP contribution in [0, 0.1) is 10.1 Å². The molecule has 0 aliphatic rings. The zero-order valence-electron chi connectivity index (χ0n) is 14.9. The number of rotatable bonds is 6. The van der Waals surface area contributed by atoms with Gasteiger partial charge in [0.05, 0.1) is 10.6 Å². The maximum Gasteiger partial charge on any atom is 0.271 e. The standard InChI is InChI=1S/C19H15BrN4O3S.BrH/c1-2-10-23-17(14-4-3-5-16(11-14)24(26)27)12-28-19(23)22-21-18(25)13-6-8-15(20)9-7-13;/h2-9,11-12H,1,10H2,(H,21,25);1H/b22-19+;. The summed E-state index contributed by atoms with van der Waals surface area (Å²) in [7, 11) is 0. The molecule has 1 N–H and O–H groups in total. The monoisotopic (exact) mass is 538 g/mol. The van der Waals surface area contributed by atoms with Gasteiger partial charge < -0.3 is 4.57 Å². The molecule has 0 radical (unpaired) electrons. The van der Waals surface area contributed by atoms with Gasteiger partial charge in [-0.15, -0.1) is 40.0 Å². The highest BCUT2D eigenvalue weighted by Gasteiger charge is 2.12. The van der Waals surface area contributed by atoms with Crippen molar-refractivity contribution in [2.24, 2.45) is 5.10 Å². The van der Waals surface area contributed by atoms with Crippen molar-refractivity contribution < 1.29 is 9.72 Å². The number of carbonyl (C=O) groups is 1. The van der Waals surface area contributed by atoms with Crippen molar-refractivity contribution in [2.75, 3.05) is 0 Å². The summed E-state index contributed by atoms with van der Waals surface area (Å²) in [6, 6.07) is 13.3. The molecule has 0 spiro atoms. The summed E-state index contributed by atoms with van der Waals surface area (Å²) in [5.41, 5.74) is 4.48. The first-order valence-electron chi connectivity index (χ1n) is 8.13. The second-order valence-electron chi connectivity index (χ2n) is 5.67. The predicted octanol–water partition coefficient (Wildman–Crippen LogP) is 4.90. The third-order valence-corrected chi connectivity index (χ3v) is 5.21. The molecule has 0 bridgehead atoms. The van der Waals surface area contributed by atoms with Crippen molar-refractivity contribution in [1.82, 2.24) is 9.99 Å². The lowest BCUT2D eigenvalue weighted by Crippen LogP contribution is -2.24. The van der Waals surface area contributed by atoms with E-state index in [4.69, 9.17) is 0 Å². The molecular weight excluding hydrogens is 524 g/mol. The Hall–Kier alpha value is -2.56. The summed E-state index contributed by atoms with van der Waals surface area (Å²) >= 11 is 4.65. The number of hydrogen-bond acceptors (Lipinski definition) is 5. The van der Waals surface area contributed by atoms with E-state index in [0.717, 1.165) is 10.2 Å². The number of amides is 1. The van der Waals surface area contributed by atoms with E-state index in [-0.39, 0.29) is 28.6 Å². The molecule has 7 nitrogen and oxygen atoms in total. The number of aromatic nitrogens is 1. The molecule has 0 unspecified atom stereocenters. The third-order valence-electron chi connectivity index (χ3n) is 3.82. The van der Waals surface area contributed by atoms with Crippen LogP contribution >= 0.6 is 44.2 Å². The lowest BCUT2D eigenvalue weighted by Gasteiger charge is -2.06. The molecule has 1 heterocycles. The molecule has 150 valence electrons. The Kier molecular flexibility index (Phi) is 8.06.